The molecule has 0 atom stereocenters. The minimum atomic E-state index is -4.63. The first-order chi connectivity index (χ1) is 5.45. The minimum absolute atomic E-state index is 0. The van der Waals surface area contributed by atoms with Crippen molar-refractivity contribution in [2.45, 2.75) is 39.4 Å². The summed E-state index contributed by atoms with van der Waals surface area (Å²) in [5.41, 5.74) is 0.857. The number of allylic oxidation sites excluding steroid dienone is 2. The second-order valence-electron chi connectivity index (χ2n) is 3.10. The summed E-state index contributed by atoms with van der Waals surface area (Å²) in [4.78, 5) is 0. The fraction of sp³-hybridized carbons (Fsp3) is 0.750. The van der Waals surface area contributed by atoms with Gasteiger partial charge in [0.1, 0.15) is 0 Å². The summed E-state index contributed by atoms with van der Waals surface area (Å²) in [5.74, 6) is 0. The maximum atomic E-state index is 11.8. The van der Waals surface area contributed by atoms with Crippen LogP contribution in [0.5, 0.6) is 0 Å². The van der Waals surface area contributed by atoms with Crippen LogP contribution in [-0.4, -0.2) is 6.98 Å². The van der Waals surface area contributed by atoms with E-state index in [9.17, 15) is 12.9 Å². The van der Waals surface area contributed by atoms with Crippen LogP contribution in [-0.2, 0) is 0 Å². The van der Waals surface area contributed by atoms with Crippen molar-refractivity contribution in [2.24, 2.45) is 0 Å². The SMILES string of the molecule is CCCC/C(C)=C/C[B-](F)(F)F.[K+]. The van der Waals surface area contributed by atoms with Gasteiger partial charge >= 0.3 is 58.4 Å². The van der Waals surface area contributed by atoms with Crippen LogP contribution in [0, 0.1) is 0 Å². The van der Waals surface area contributed by atoms with Crippen molar-refractivity contribution in [3.63, 3.8) is 0 Å². The first-order valence-electron chi connectivity index (χ1n) is 4.32. The summed E-state index contributed by atoms with van der Waals surface area (Å²) in [6, 6.07) is 0. The molecular formula is C8H15BF3K. The van der Waals surface area contributed by atoms with Gasteiger partial charge in [-0.3, -0.25) is 0 Å². The molecule has 0 rings (SSSR count). The van der Waals surface area contributed by atoms with E-state index in [1.54, 1.807) is 6.92 Å². The van der Waals surface area contributed by atoms with Gasteiger partial charge in [0.15, 0.2) is 0 Å². The Kier molecular flexibility index (Phi) is 10.9. The Hall–Kier alpha value is 1.23. The molecule has 0 aliphatic heterocycles. The molecule has 0 amide bonds. The quantitative estimate of drug-likeness (QED) is 0.476. The Morgan fingerprint density at radius 2 is 1.85 bits per heavy atom. The summed E-state index contributed by atoms with van der Waals surface area (Å²) in [7, 11) is 0. The molecule has 0 unspecified atom stereocenters. The van der Waals surface area contributed by atoms with Crippen molar-refractivity contribution in [3.05, 3.63) is 11.6 Å². The molecule has 72 valence electrons. The average molecular weight is 218 g/mol. The van der Waals surface area contributed by atoms with Crippen molar-refractivity contribution < 1.29 is 64.3 Å². The first kappa shape index (κ1) is 16.7. The molecular weight excluding hydrogens is 203 g/mol. The van der Waals surface area contributed by atoms with Crippen molar-refractivity contribution in [1.82, 2.24) is 0 Å². The molecule has 0 spiro atoms. The fourth-order valence-electron chi connectivity index (χ4n) is 0.892. The van der Waals surface area contributed by atoms with Crippen molar-refractivity contribution in [3.8, 4) is 0 Å². The molecule has 0 heterocycles. The Labute approximate surface area is 121 Å². The Balaban J connectivity index is 0. The molecule has 0 saturated carbocycles. The van der Waals surface area contributed by atoms with E-state index in [2.05, 4.69) is 0 Å². The van der Waals surface area contributed by atoms with Gasteiger partial charge in [0.25, 0.3) is 0 Å². The molecule has 0 aromatic carbocycles. The zero-order chi connectivity index (χ0) is 9.61. The third kappa shape index (κ3) is 13.2. The van der Waals surface area contributed by atoms with E-state index in [1.165, 1.54) is 6.08 Å². The second kappa shape index (κ2) is 8.53. The van der Waals surface area contributed by atoms with E-state index in [0.717, 1.165) is 24.8 Å². The molecule has 0 saturated heterocycles. The summed E-state index contributed by atoms with van der Waals surface area (Å²) in [5, 5.41) is 0. The van der Waals surface area contributed by atoms with Gasteiger partial charge in [0.2, 0.25) is 0 Å². The van der Waals surface area contributed by atoms with Gasteiger partial charge in [0, 0.05) is 0 Å². The molecule has 0 nitrogen and oxygen atoms in total. The number of hydrogen-bond acceptors (Lipinski definition) is 0. The van der Waals surface area contributed by atoms with Crippen LogP contribution in [0.4, 0.5) is 12.9 Å². The summed E-state index contributed by atoms with van der Waals surface area (Å²) < 4.78 is 35.3. The van der Waals surface area contributed by atoms with Crippen LogP contribution in [0.25, 0.3) is 0 Å². The zero-order valence-electron chi connectivity index (χ0n) is 8.62. The molecule has 0 aliphatic carbocycles. The number of unbranched alkanes of at least 4 members (excludes halogenated alkanes) is 1. The van der Waals surface area contributed by atoms with E-state index >= 15 is 0 Å². The Morgan fingerprint density at radius 3 is 2.23 bits per heavy atom. The third-order valence-corrected chi connectivity index (χ3v) is 1.66. The van der Waals surface area contributed by atoms with Crippen LogP contribution in [0.15, 0.2) is 11.6 Å². The van der Waals surface area contributed by atoms with Crippen molar-refractivity contribution >= 4 is 6.98 Å². The smallest absolute Gasteiger partial charge is 0.449 e. The van der Waals surface area contributed by atoms with Crippen molar-refractivity contribution in [1.29, 1.82) is 0 Å². The van der Waals surface area contributed by atoms with Crippen molar-refractivity contribution in [2.75, 3.05) is 0 Å². The number of halogens is 3. The summed E-state index contributed by atoms with van der Waals surface area (Å²) in [6.07, 6.45) is 3.38. The second-order valence-corrected chi connectivity index (χ2v) is 3.10. The number of hydrogen-bond donors (Lipinski definition) is 0. The van der Waals surface area contributed by atoms with Crippen LogP contribution in [0.2, 0.25) is 6.32 Å². The van der Waals surface area contributed by atoms with Gasteiger partial charge in [0.05, 0.1) is 0 Å². The van der Waals surface area contributed by atoms with Crippen LogP contribution < -0.4 is 51.4 Å². The van der Waals surface area contributed by atoms with Gasteiger partial charge in [-0.1, -0.05) is 25.2 Å². The standard InChI is InChI=1S/C8H15BF3.K/c1-3-4-5-8(2)6-7-9(10,11)12;/h6H,3-5,7H2,1-2H3;/q-1;+1/b8-6+;. The van der Waals surface area contributed by atoms with Gasteiger partial charge in [-0.15, -0.1) is 6.08 Å². The monoisotopic (exact) mass is 218 g/mol. The molecule has 13 heavy (non-hydrogen) atoms. The summed E-state index contributed by atoms with van der Waals surface area (Å²) >= 11 is 0. The molecule has 0 radical (unpaired) electrons. The third-order valence-electron chi connectivity index (χ3n) is 1.66. The first-order valence-corrected chi connectivity index (χ1v) is 4.32. The van der Waals surface area contributed by atoms with Crippen LogP contribution >= 0.6 is 0 Å². The Bertz CT molecular complexity index is 154. The molecule has 0 aromatic rings. The maximum Gasteiger partial charge on any atom is 1.00 e. The topological polar surface area (TPSA) is 0 Å². The van der Waals surface area contributed by atoms with Gasteiger partial charge in [-0.05, 0) is 19.8 Å². The molecule has 0 fully saturated rings. The molecule has 0 bridgehead atoms. The normalized spacial score (nSPS) is 12.5. The fourth-order valence-corrected chi connectivity index (χ4v) is 0.892. The molecule has 0 aliphatic rings. The number of rotatable bonds is 5. The van der Waals surface area contributed by atoms with E-state index in [4.69, 9.17) is 0 Å². The average Bonchev–Trinajstić information content (AvgIpc) is 1.95. The minimum Gasteiger partial charge on any atom is -0.449 e. The van der Waals surface area contributed by atoms with Gasteiger partial charge < -0.3 is 12.9 Å². The zero-order valence-corrected chi connectivity index (χ0v) is 11.7. The predicted molar refractivity (Wildman–Crippen MR) is 47.2 cm³/mol. The van der Waals surface area contributed by atoms with E-state index in [-0.39, 0.29) is 51.4 Å². The van der Waals surface area contributed by atoms with Crippen LogP contribution in [0.1, 0.15) is 33.1 Å². The molecule has 0 N–H and O–H groups in total. The van der Waals surface area contributed by atoms with Crippen LogP contribution in [0.3, 0.4) is 0 Å². The largest absolute Gasteiger partial charge is 1.00 e. The van der Waals surface area contributed by atoms with E-state index in [0.29, 0.717) is 0 Å². The van der Waals surface area contributed by atoms with Gasteiger partial charge in [-0.2, -0.15) is 0 Å². The summed E-state index contributed by atoms with van der Waals surface area (Å²) in [6.45, 7) is -0.837. The predicted octanol–water partition coefficient (Wildman–Crippen LogP) is 0.974. The molecule has 0 aromatic heterocycles. The van der Waals surface area contributed by atoms with Gasteiger partial charge in [-0.25, -0.2) is 0 Å². The Morgan fingerprint density at radius 1 is 1.31 bits per heavy atom. The molecule has 5 heteroatoms. The maximum absolute atomic E-state index is 11.8. The van der Waals surface area contributed by atoms with E-state index in [1.807, 2.05) is 6.92 Å². The van der Waals surface area contributed by atoms with E-state index < -0.39 is 13.3 Å².